The van der Waals surface area contributed by atoms with Crippen LogP contribution in [0.15, 0.2) is 23.2 Å². The van der Waals surface area contributed by atoms with Crippen LogP contribution < -0.4 is 14.8 Å². The molecule has 1 aliphatic rings. The Bertz CT molecular complexity index is 781. The Morgan fingerprint density at radius 1 is 1.17 bits per heavy atom. The molecule has 1 aromatic carbocycles. The fourth-order valence-electron chi connectivity index (χ4n) is 3.30. The maximum absolute atomic E-state index is 11.3. The monoisotopic (exact) mass is 554 g/mol. The number of nitrogens with one attached hydrogen (secondary N) is 1. The van der Waals surface area contributed by atoms with E-state index >= 15 is 0 Å². The third kappa shape index (κ3) is 8.84. The first-order valence-corrected chi connectivity index (χ1v) is 12.1. The van der Waals surface area contributed by atoms with E-state index in [4.69, 9.17) is 9.47 Å². The van der Waals surface area contributed by atoms with Gasteiger partial charge in [-0.05, 0) is 31.5 Å². The summed E-state index contributed by atoms with van der Waals surface area (Å²) >= 11 is 0. The van der Waals surface area contributed by atoms with E-state index in [-0.39, 0.29) is 29.7 Å². The Labute approximate surface area is 197 Å². The smallest absolute Gasteiger partial charge is 0.194 e. The number of ether oxygens (including phenoxy) is 2. The zero-order valence-corrected chi connectivity index (χ0v) is 21.5. The average molecular weight is 554 g/mol. The van der Waals surface area contributed by atoms with Gasteiger partial charge >= 0.3 is 0 Å². The topological polar surface area (TPSA) is 83.5 Å². The highest BCUT2D eigenvalue weighted by atomic mass is 127. The number of hydrogen-bond acceptors (Lipinski definition) is 6. The standard InChI is InChI=1S/C20H34N4O4S.HI/c1-5-21-20(22-9-6-14-29(4,25)26)24-12-10-23(11-13-24)16-17-15-18(27-2)7-8-19(17)28-3;/h7-8,15H,5-6,9-14,16H2,1-4H3,(H,21,22);1H. The number of guanidine groups is 1. The summed E-state index contributed by atoms with van der Waals surface area (Å²) in [5.74, 6) is 2.73. The van der Waals surface area contributed by atoms with Gasteiger partial charge in [-0.3, -0.25) is 9.89 Å². The van der Waals surface area contributed by atoms with Crippen molar-refractivity contribution in [2.45, 2.75) is 19.9 Å². The molecule has 2 rings (SSSR count). The van der Waals surface area contributed by atoms with Gasteiger partial charge in [-0.25, -0.2) is 8.42 Å². The molecule has 8 nitrogen and oxygen atoms in total. The van der Waals surface area contributed by atoms with Crippen molar-refractivity contribution >= 4 is 39.8 Å². The lowest BCUT2D eigenvalue weighted by Crippen LogP contribution is -2.52. The number of methoxy groups -OCH3 is 2. The second-order valence-corrected chi connectivity index (χ2v) is 9.42. The summed E-state index contributed by atoms with van der Waals surface area (Å²) in [6, 6.07) is 5.87. The third-order valence-corrected chi connectivity index (χ3v) is 5.85. The second-order valence-electron chi connectivity index (χ2n) is 7.16. The van der Waals surface area contributed by atoms with Gasteiger partial charge in [-0.1, -0.05) is 0 Å². The molecular weight excluding hydrogens is 519 g/mol. The number of rotatable bonds is 9. The van der Waals surface area contributed by atoms with Crippen LogP contribution in [0, 0.1) is 0 Å². The van der Waals surface area contributed by atoms with E-state index in [9.17, 15) is 8.42 Å². The Morgan fingerprint density at radius 2 is 1.87 bits per heavy atom. The minimum absolute atomic E-state index is 0. The van der Waals surface area contributed by atoms with Gasteiger partial charge < -0.3 is 19.7 Å². The minimum atomic E-state index is -2.94. The summed E-state index contributed by atoms with van der Waals surface area (Å²) in [7, 11) is 0.419. The molecule has 1 N–H and O–H groups in total. The van der Waals surface area contributed by atoms with Gasteiger partial charge in [0.1, 0.15) is 21.3 Å². The Morgan fingerprint density at radius 3 is 2.43 bits per heavy atom. The van der Waals surface area contributed by atoms with Crippen LogP contribution in [0.5, 0.6) is 11.5 Å². The number of piperazine rings is 1. The van der Waals surface area contributed by atoms with Crippen LogP contribution in [0.4, 0.5) is 0 Å². The van der Waals surface area contributed by atoms with E-state index in [1.807, 2.05) is 25.1 Å². The third-order valence-electron chi connectivity index (χ3n) is 4.82. The van der Waals surface area contributed by atoms with E-state index in [1.165, 1.54) is 6.26 Å². The Balaban J connectivity index is 0.00000450. The summed E-state index contributed by atoms with van der Waals surface area (Å²) in [6.45, 7) is 7.69. The first kappa shape index (κ1) is 26.8. The highest BCUT2D eigenvalue weighted by molar-refractivity contribution is 14.0. The molecule has 172 valence electrons. The number of sulfone groups is 1. The number of halogens is 1. The molecule has 0 spiro atoms. The Hall–Kier alpha value is -1.27. The van der Waals surface area contributed by atoms with E-state index < -0.39 is 9.84 Å². The summed E-state index contributed by atoms with van der Waals surface area (Å²) in [6.07, 6.45) is 1.81. The van der Waals surface area contributed by atoms with Crippen molar-refractivity contribution in [2.24, 2.45) is 4.99 Å². The van der Waals surface area contributed by atoms with Crippen molar-refractivity contribution in [3.05, 3.63) is 23.8 Å². The molecule has 10 heteroatoms. The predicted molar refractivity (Wildman–Crippen MR) is 132 cm³/mol. The van der Waals surface area contributed by atoms with Crippen molar-refractivity contribution in [2.75, 3.05) is 65.5 Å². The van der Waals surface area contributed by atoms with Crippen LogP contribution in [0.3, 0.4) is 0 Å². The van der Waals surface area contributed by atoms with Gasteiger partial charge in [0.05, 0.1) is 20.0 Å². The molecule has 0 amide bonds. The van der Waals surface area contributed by atoms with Crippen LogP contribution in [0.1, 0.15) is 18.9 Å². The van der Waals surface area contributed by atoms with Crippen LogP contribution in [0.25, 0.3) is 0 Å². The molecule has 1 saturated heterocycles. The predicted octanol–water partition coefficient (Wildman–Crippen LogP) is 1.84. The van der Waals surface area contributed by atoms with Crippen molar-refractivity contribution in [1.82, 2.24) is 15.1 Å². The fraction of sp³-hybridized carbons (Fsp3) is 0.650. The zero-order valence-electron chi connectivity index (χ0n) is 18.4. The van der Waals surface area contributed by atoms with Gasteiger partial charge in [0.2, 0.25) is 0 Å². The average Bonchev–Trinajstić information content (AvgIpc) is 2.70. The SMILES string of the molecule is CCNC(=NCCCS(C)(=O)=O)N1CCN(Cc2cc(OC)ccc2OC)CC1.I. The maximum Gasteiger partial charge on any atom is 0.194 e. The van der Waals surface area contributed by atoms with Crippen molar-refractivity contribution in [1.29, 1.82) is 0 Å². The largest absolute Gasteiger partial charge is 0.497 e. The van der Waals surface area contributed by atoms with Crippen LogP contribution in [0.2, 0.25) is 0 Å². The van der Waals surface area contributed by atoms with Crippen LogP contribution in [-0.2, 0) is 16.4 Å². The number of nitrogens with zero attached hydrogens (tertiary/aromatic N) is 3. The minimum Gasteiger partial charge on any atom is -0.497 e. The van der Waals surface area contributed by atoms with Gasteiger partial charge in [0.25, 0.3) is 0 Å². The molecule has 1 heterocycles. The summed E-state index contributed by atoms with van der Waals surface area (Å²) < 4.78 is 33.4. The molecule has 1 aliphatic heterocycles. The van der Waals surface area contributed by atoms with E-state index in [1.54, 1.807) is 14.2 Å². The number of hydrogen-bond donors (Lipinski definition) is 1. The summed E-state index contributed by atoms with van der Waals surface area (Å²) in [5.41, 5.74) is 1.11. The zero-order chi connectivity index (χ0) is 21.3. The lowest BCUT2D eigenvalue weighted by atomic mass is 10.1. The lowest BCUT2D eigenvalue weighted by Gasteiger charge is -2.36. The molecule has 0 atom stereocenters. The molecule has 0 unspecified atom stereocenters. The van der Waals surface area contributed by atoms with Crippen LogP contribution in [-0.4, -0.2) is 89.7 Å². The Kier molecular flexibility index (Phi) is 11.8. The highest BCUT2D eigenvalue weighted by Crippen LogP contribution is 2.25. The molecule has 0 saturated carbocycles. The second kappa shape index (κ2) is 13.2. The van der Waals surface area contributed by atoms with Gasteiger partial charge in [0.15, 0.2) is 5.96 Å². The van der Waals surface area contributed by atoms with Gasteiger partial charge in [0, 0.05) is 57.6 Å². The molecule has 30 heavy (non-hydrogen) atoms. The van der Waals surface area contributed by atoms with Gasteiger partial charge in [-0.15, -0.1) is 24.0 Å². The van der Waals surface area contributed by atoms with E-state index in [0.29, 0.717) is 13.0 Å². The molecule has 0 aliphatic carbocycles. The lowest BCUT2D eigenvalue weighted by molar-refractivity contribution is 0.171. The van der Waals surface area contributed by atoms with E-state index in [2.05, 4.69) is 20.1 Å². The van der Waals surface area contributed by atoms with Crippen LogP contribution >= 0.6 is 24.0 Å². The normalized spacial score (nSPS) is 15.5. The molecule has 0 aromatic heterocycles. The maximum atomic E-state index is 11.3. The van der Waals surface area contributed by atoms with Crippen molar-refractivity contribution < 1.29 is 17.9 Å². The molecule has 1 fully saturated rings. The van der Waals surface area contributed by atoms with E-state index in [0.717, 1.165) is 62.3 Å². The quantitative estimate of drug-likeness (QED) is 0.216. The van der Waals surface area contributed by atoms with Gasteiger partial charge in [-0.2, -0.15) is 0 Å². The highest BCUT2D eigenvalue weighted by Gasteiger charge is 2.20. The molecule has 0 bridgehead atoms. The van der Waals surface area contributed by atoms with Crippen molar-refractivity contribution in [3.63, 3.8) is 0 Å². The summed E-state index contributed by atoms with van der Waals surface area (Å²) in [4.78, 5) is 9.24. The molecule has 1 aromatic rings. The fourth-order valence-corrected chi connectivity index (χ4v) is 3.96. The summed E-state index contributed by atoms with van der Waals surface area (Å²) in [5, 5.41) is 3.32. The first-order valence-electron chi connectivity index (χ1n) is 10.0. The first-order chi connectivity index (χ1) is 13.9. The molecular formula is C20H35IN4O4S. The number of aliphatic imine (C=N–C) groups is 1. The van der Waals surface area contributed by atoms with Crippen molar-refractivity contribution in [3.8, 4) is 11.5 Å². The number of benzene rings is 1. The molecule has 0 radical (unpaired) electrons.